The Morgan fingerprint density at radius 2 is 2.11 bits per heavy atom. The highest BCUT2D eigenvalue weighted by Gasteiger charge is 2.19. The Kier molecular flexibility index (Phi) is 2.89. The van der Waals surface area contributed by atoms with Gasteiger partial charge >= 0.3 is 0 Å². The van der Waals surface area contributed by atoms with Gasteiger partial charge in [0.15, 0.2) is 5.82 Å². The molecule has 3 rings (SSSR count). The van der Waals surface area contributed by atoms with Crippen LogP contribution in [-0.4, -0.2) is 44.5 Å². The number of piperidine rings is 1. The van der Waals surface area contributed by atoms with Crippen LogP contribution in [0.3, 0.4) is 0 Å². The zero-order chi connectivity index (χ0) is 12.4. The van der Waals surface area contributed by atoms with E-state index in [1.807, 2.05) is 6.07 Å². The predicted molar refractivity (Wildman–Crippen MR) is 66.8 cm³/mol. The lowest BCUT2D eigenvalue weighted by Gasteiger charge is -2.28. The van der Waals surface area contributed by atoms with Gasteiger partial charge in [-0.25, -0.2) is 0 Å². The first-order valence-electron chi connectivity index (χ1n) is 6.03. The molecule has 3 N–H and O–H groups in total. The highest BCUT2D eigenvalue weighted by atomic mass is 15.4. The first kappa shape index (κ1) is 11.1. The lowest BCUT2D eigenvalue weighted by molar-refractivity contribution is 0.496. The summed E-state index contributed by atoms with van der Waals surface area (Å²) in [6.45, 7) is 1.82. The molecule has 1 fully saturated rings. The molecular formula is C11H15N7. The molecule has 1 saturated heterocycles. The van der Waals surface area contributed by atoms with Gasteiger partial charge in [0, 0.05) is 24.7 Å². The zero-order valence-electron chi connectivity index (χ0n) is 9.95. The molecule has 0 bridgehead atoms. The number of rotatable bonds is 2. The number of nitrogens with two attached hydrogens (primary N) is 1. The molecule has 7 heteroatoms. The van der Waals surface area contributed by atoms with Gasteiger partial charge < -0.3 is 10.6 Å². The van der Waals surface area contributed by atoms with E-state index in [4.69, 9.17) is 5.73 Å². The van der Waals surface area contributed by atoms with Crippen LogP contribution in [0, 0.1) is 0 Å². The minimum atomic E-state index is 0.309. The first-order valence-corrected chi connectivity index (χ1v) is 6.03. The summed E-state index contributed by atoms with van der Waals surface area (Å²) in [6.07, 6.45) is 5.27. The van der Waals surface area contributed by atoms with Crippen LogP contribution in [0.4, 0.5) is 5.95 Å². The first-order chi connectivity index (χ1) is 8.83. The highest BCUT2D eigenvalue weighted by Crippen LogP contribution is 2.18. The van der Waals surface area contributed by atoms with E-state index in [2.05, 4.69) is 30.3 Å². The molecule has 1 aliphatic rings. The van der Waals surface area contributed by atoms with Crippen molar-refractivity contribution in [2.24, 2.45) is 5.73 Å². The highest BCUT2D eigenvalue weighted by molar-refractivity contribution is 5.54. The number of anilines is 1. The Balaban J connectivity index is 1.78. The molecule has 2 aromatic rings. The van der Waals surface area contributed by atoms with Crippen LogP contribution >= 0.6 is 0 Å². The summed E-state index contributed by atoms with van der Waals surface area (Å²) in [5, 5.41) is 14.7. The normalized spacial score (nSPS) is 17.1. The molecule has 0 aromatic carbocycles. The van der Waals surface area contributed by atoms with Gasteiger partial charge in [0.05, 0.1) is 12.4 Å². The van der Waals surface area contributed by atoms with Gasteiger partial charge in [-0.05, 0) is 18.9 Å². The van der Waals surface area contributed by atoms with Gasteiger partial charge in [-0.15, -0.1) is 5.10 Å². The van der Waals surface area contributed by atoms with Gasteiger partial charge in [0.25, 0.3) is 0 Å². The minimum absolute atomic E-state index is 0.309. The van der Waals surface area contributed by atoms with E-state index < -0.39 is 0 Å². The fraction of sp³-hybridized carbons (Fsp3) is 0.455. The number of hydrogen-bond donors (Lipinski definition) is 2. The van der Waals surface area contributed by atoms with Crippen molar-refractivity contribution in [2.45, 2.75) is 18.9 Å². The fourth-order valence-corrected chi connectivity index (χ4v) is 2.05. The van der Waals surface area contributed by atoms with Crippen molar-refractivity contribution < 1.29 is 0 Å². The quantitative estimate of drug-likeness (QED) is 0.784. The van der Waals surface area contributed by atoms with Crippen LogP contribution in [0.15, 0.2) is 18.5 Å². The summed E-state index contributed by atoms with van der Waals surface area (Å²) < 4.78 is 0. The standard InChI is InChI=1S/C11H15N7/c12-9-2-5-18(6-3-9)11-15-10(16-17-11)8-1-4-13-14-7-8/h1,4,7,9H,2-3,5-6,12H2,(H,15,16,17). The predicted octanol–water partition coefficient (Wildman–Crippen LogP) is 0.189. The Labute approximate surface area is 104 Å². The molecule has 1 aliphatic heterocycles. The van der Waals surface area contributed by atoms with Crippen molar-refractivity contribution in [3.8, 4) is 11.4 Å². The zero-order valence-corrected chi connectivity index (χ0v) is 9.95. The number of H-pyrrole nitrogens is 1. The van der Waals surface area contributed by atoms with E-state index in [-0.39, 0.29) is 0 Å². The van der Waals surface area contributed by atoms with Crippen molar-refractivity contribution >= 4 is 5.95 Å². The number of aromatic amines is 1. The number of nitrogens with one attached hydrogen (secondary N) is 1. The van der Waals surface area contributed by atoms with E-state index in [9.17, 15) is 0 Å². The summed E-state index contributed by atoms with van der Waals surface area (Å²) in [5.41, 5.74) is 6.77. The van der Waals surface area contributed by atoms with Gasteiger partial charge in [0.1, 0.15) is 0 Å². The SMILES string of the molecule is NC1CCN(c2n[nH]c(-c3ccnnc3)n2)CC1. The van der Waals surface area contributed by atoms with Crippen molar-refractivity contribution in [1.82, 2.24) is 25.4 Å². The fourth-order valence-electron chi connectivity index (χ4n) is 2.05. The molecule has 94 valence electrons. The van der Waals surface area contributed by atoms with E-state index in [0.717, 1.165) is 43.3 Å². The van der Waals surface area contributed by atoms with Crippen molar-refractivity contribution in [3.05, 3.63) is 18.5 Å². The van der Waals surface area contributed by atoms with E-state index in [1.165, 1.54) is 0 Å². The lowest BCUT2D eigenvalue weighted by atomic mass is 10.1. The molecule has 3 heterocycles. The van der Waals surface area contributed by atoms with E-state index in [1.54, 1.807) is 12.4 Å². The second-order valence-electron chi connectivity index (χ2n) is 4.44. The van der Waals surface area contributed by atoms with Crippen LogP contribution in [0.2, 0.25) is 0 Å². The number of hydrogen-bond acceptors (Lipinski definition) is 6. The van der Waals surface area contributed by atoms with E-state index in [0.29, 0.717) is 6.04 Å². The molecule has 0 unspecified atom stereocenters. The largest absolute Gasteiger partial charge is 0.339 e. The van der Waals surface area contributed by atoms with Gasteiger partial charge in [-0.2, -0.15) is 15.2 Å². The third-order valence-corrected chi connectivity index (χ3v) is 3.15. The maximum absolute atomic E-state index is 5.88. The third kappa shape index (κ3) is 2.17. The van der Waals surface area contributed by atoms with Gasteiger partial charge in [-0.1, -0.05) is 0 Å². The monoisotopic (exact) mass is 245 g/mol. The van der Waals surface area contributed by atoms with Crippen LogP contribution in [0.5, 0.6) is 0 Å². The molecule has 0 amide bonds. The van der Waals surface area contributed by atoms with E-state index >= 15 is 0 Å². The summed E-state index contributed by atoms with van der Waals surface area (Å²) in [4.78, 5) is 6.63. The Bertz CT molecular complexity index is 501. The maximum atomic E-state index is 5.88. The van der Waals surface area contributed by atoms with Crippen LogP contribution in [-0.2, 0) is 0 Å². The van der Waals surface area contributed by atoms with Crippen molar-refractivity contribution in [2.75, 3.05) is 18.0 Å². The van der Waals surface area contributed by atoms with Crippen molar-refractivity contribution in [3.63, 3.8) is 0 Å². The topological polar surface area (TPSA) is 96.6 Å². The summed E-state index contributed by atoms with van der Waals surface area (Å²) in [5.74, 6) is 1.45. The lowest BCUT2D eigenvalue weighted by Crippen LogP contribution is -2.40. The molecule has 0 radical (unpaired) electrons. The average Bonchev–Trinajstić information content (AvgIpc) is 2.90. The van der Waals surface area contributed by atoms with Crippen molar-refractivity contribution in [1.29, 1.82) is 0 Å². The molecule has 7 nitrogen and oxygen atoms in total. The molecule has 0 atom stereocenters. The molecule has 18 heavy (non-hydrogen) atoms. The smallest absolute Gasteiger partial charge is 0.245 e. The summed E-state index contributed by atoms with van der Waals surface area (Å²) in [7, 11) is 0. The Hall–Kier alpha value is -2.02. The molecule has 0 aliphatic carbocycles. The number of aromatic nitrogens is 5. The number of nitrogens with zero attached hydrogens (tertiary/aromatic N) is 5. The molecule has 0 saturated carbocycles. The Morgan fingerprint density at radius 3 is 2.83 bits per heavy atom. The summed E-state index contributed by atoms with van der Waals surface area (Å²) >= 11 is 0. The van der Waals surface area contributed by atoms with Gasteiger partial charge in [0.2, 0.25) is 5.95 Å². The van der Waals surface area contributed by atoms with Crippen LogP contribution < -0.4 is 10.6 Å². The third-order valence-electron chi connectivity index (χ3n) is 3.15. The summed E-state index contributed by atoms with van der Waals surface area (Å²) in [6, 6.07) is 2.16. The molecular weight excluding hydrogens is 230 g/mol. The molecule has 0 spiro atoms. The maximum Gasteiger partial charge on any atom is 0.245 e. The van der Waals surface area contributed by atoms with Crippen LogP contribution in [0.1, 0.15) is 12.8 Å². The average molecular weight is 245 g/mol. The second-order valence-corrected chi connectivity index (χ2v) is 4.44. The van der Waals surface area contributed by atoms with Crippen LogP contribution in [0.25, 0.3) is 11.4 Å². The minimum Gasteiger partial charge on any atom is -0.339 e. The Morgan fingerprint density at radius 1 is 1.28 bits per heavy atom. The van der Waals surface area contributed by atoms with Gasteiger partial charge in [-0.3, -0.25) is 5.10 Å². The molecule has 2 aromatic heterocycles. The second kappa shape index (κ2) is 4.69.